The summed E-state index contributed by atoms with van der Waals surface area (Å²) in [6, 6.07) is 3.10. The van der Waals surface area contributed by atoms with E-state index in [2.05, 4.69) is 10.3 Å². The lowest BCUT2D eigenvalue weighted by Crippen LogP contribution is -2.33. The number of aromatic nitrogens is 1. The van der Waals surface area contributed by atoms with Gasteiger partial charge in [0.2, 0.25) is 5.91 Å². The van der Waals surface area contributed by atoms with Crippen LogP contribution in [0.1, 0.15) is 12.6 Å². The molecule has 0 aliphatic heterocycles. The Balaban J connectivity index is 2.10. The van der Waals surface area contributed by atoms with Crippen molar-refractivity contribution in [2.45, 2.75) is 13.1 Å². The number of benzene rings is 1. The van der Waals surface area contributed by atoms with Gasteiger partial charge in [0.25, 0.3) is 0 Å². The third kappa shape index (κ3) is 4.19. The fourth-order valence-electron chi connectivity index (χ4n) is 1.82. The zero-order chi connectivity index (χ0) is 17.9. The van der Waals surface area contributed by atoms with Crippen LogP contribution in [0.4, 0.5) is 32.8 Å². The van der Waals surface area contributed by atoms with E-state index in [1.165, 1.54) is 4.90 Å². The van der Waals surface area contributed by atoms with Crippen LogP contribution in [0.5, 0.6) is 0 Å². The molecule has 2 rings (SSSR count). The third-order valence-electron chi connectivity index (χ3n) is 3.00. The maximum atomic E-state index is 13.5. The first kappa shape index (κ1) is 18.1. The minimum atomic E-state index is -4.58. The lowest BCUT2D eigenvalue weighted by atomic mass is 10.3. The summed E-state index contributed by atoms with van der Waals surface area (Å²) in [5, 5.41) is 2.91. The molecule has 24 heavy (non-hydrogen) atoms. The molecule has 0 saturated carbocycles. The van der Waals surface area contributed by atoms with Crippen molar-refractivity contribution in [1.29, 1.82) is 0 Å². The molecule has 1 aromatic carbocycles. The van der Waals surface area contributed by atoms with E-state index in [4.69, 9.17) is 0 Å². The number of halogens is 5. The molecule has 4 nitrogen and oxygen atoms in total. The van der Waals surface area contributed by atoms with Gasteiger partial charge in [-0.15, -0.1) is 11.3 Å². The molecule has 0 bridgehead atoms. The van der Waals surface area contributed by atoms with E-state index in [9.17, 15) is 26.7 Å². The van der Waals surface area contributed by atoms with Crippen LogP contribution in [0.25, 0.3) is 0 Å². The van der Waals surface area contributed by atoms with E-state index in [0.717, 1.165) is 34.9 Å². The molecule has 130 valence electrons. The highest BCUT2D eigenvalue weighted by Crippen LogP contribution is 2.32. The quantitative estimate of drug-likeness (QED) is 0.818. The van der Waals surface area contributed by atoms with Gasteiger partial charge < -0.3 is 10.2 Å². The van der Waals surface area contributed by atoms with Crippen LogP contribution in [-0.4, -0.2) is 24.0 Å². The number of carbonyl (C=O) groups excluding carboxylic acids is 1. The Kier molecular flexibility index (Phi) is 5.37. The second-order valence-electron chi connectivity index (χ2n) is 4.67. The molecule has 0 radical (unpaired) electrons. The van der Waals surface area contributed by atoms with Gasteiger partial charge in [-0.05, 0) is 19.1 Å². The van der Waals surface area contributed by atoms with Crippen molar-refractivity contribution in [3.63, 3.8) is 0 Å². The van der Waals surface area contributed by atoms with Gasteiger partial charge >= 0.3 is 6.18 Å². The van der Waals surface area contributed by atoms with Crippen LogP contribution in [0.15, 0.2) is 23.6 Å². The molecule has 1 heterocycles. The van der Waals surface area contributed by atoms with Gasteiger partial charge in [-0.1, -0.05) is 6.07 Å². The second kappa shape index (κ2) is 7.12. The Hall–Kier alpha value is -2.23. The molecular weight excluding hydrogens is 353 g/mol. The van der Waals surface area contributed by atoms with Crippen LogP contribution in [-0.2, 0) is 11.0 Å². The number of hydrogen-bond donors (Lipinski definition) is 1. The largest absolute Gasteiger partial charge is 0.434 e. The molecule has 0 fully saturated rings. The number of alkyl halides is 3. The maximum Gasteiger partial charge on any atom is 0.434 e. The lowest BCUT2D eigenvalue weighted by Gasteiger charge is -2.19. The number of likely N-dealkylation sites (N-methyl/N-ethyl adjacent to an activating group) is 1. The lowest BCUT2D eigenvalue weighted by molar-refractivity contribution is -0.140. The highest BCUT2D eigenvalue weighted by Gasteiger charge is 2.34. The molecule has 1 amide bonds. The van der Waals surface area contributed by atoms with Crippen molar-refractivity contribution < 1.29 is 26.7 Å². The molecule has 0 aliphatic rings. The zero-order valence-corrected chi connectivity index (χ0v) is 13.1. The van der Waals surface area contributed by atoms with Crippen molar-refractivity contribution in [2.24, 2.45) is 0 Å². The SMILES string of the molecule is CCN(CC(=O)Nc1c(F)cccc1F)c1nc(C(F)(F)F)cs1. The molecule has 2 aromatic rings. The number of nitrogens with zero attached hydrogens (tertiary/aromatic N) is 2. The summed E-state index contributed by atoms with van der Waals surface area (Å²) in [6.07, 6.45) is -4.58. The summed E-state index contributed by atoms with van der Waals surface area (Å²) in [6.45, 7) is 1.42. The van der Waals surface area contributed by atoms with Gasteiger partial charge in [0.05, 0.1) is 6.54 Å². The molecule has 0 aliphatic carbocycles. The van der Waals surface area contributed by atoms with Gasteiger partial charge in [-0.2, -0.15) is 13.2 Å². The molecule has 0 unspecified atom stereocenters. The van der Waals surface area contributed by atoms with E-state index in [1.807, 2.05) is 0 Å². The molecule has 1 aromatic heterocycles. The number of thiazole rings is 1. The van der Waals surface area contributed by atoms with Crippen molar-refractivity contribution in [2.75, 3.05) is 23.3 Å². The van der Waals surface area contributed by atoms with Crippen LogP contribution in [0.2, 0.25) is 0 Å². The summed E-state index contributed by atoms with van der Waals surface area (Å²) in [4.78, 5) is 16.6. The van der Waals surface area contributed by atoms with E-state index < -0.39 is 41.6 Å². The fraction of sp³-hybridized carbons (Fsp3) is 0.286. The van der Waals surface area contributed by atoms with Crippen molar-refractivity contribution in [3.05, 3.63) is 40.9 Å². The fourth-order valence-corrected chi connectivity index (χ4v) is 2.72. The van der Waals surface area contributed by atoms with E-state index in [-0.39, 0.29) is 11.7 Å². The molecule has 0 saturated heterocycles. The number of rotatable bonds is 5. The molecule has 10 heteroatoms. The number of anilines is 2. The van der Waals surface area contributed by atoms with Gasteiger partial charge in [-0.3, -0.25) is 4.79 Å². The Morgan fingerprint density at radius 1 is 1.29 bits per heavy atom. The number of amides is 1. The first-order chi connectivity index (χ1) is 11.2. The Morgan fingerprint density at radius 2 is 1.92 bits per heavy atom. The van der Waals surface area contributed by atoms with E-state index in [0.29, 0.717) is 0 Å². The predicted octanol–water partition coefficient (Wildman–Crippen LogP) is 3.91. The summed E-state index contributed by atoms with van der Waals surface area (Å²) >= 11 is 0.730. The highest BCUT2D eigenvalue weighted by atomic mass is 32.1. The average molecular weight is 365 g/mol. The standard InChI is InChI=1S/C14H12F5N3OS/c1-2-22(13-20-10(7-24-13)14(17,18)19)6-11(23)21-12-8(15)4-3-5-9(12)16/h3-5,7H,2,6H2,1H3,(H,21,23). The Morgan fingerprint density at radius 3 is 2.42 bits per heavy atom. The van der Waals surface area contributed by atoms with E-state index >= 15 is 0 Å². The van der Waals surface area contributed by atoms with Gasteiger partial charge in [0, 0.05) is 11.9 Å². The Bertz CT molecular complexity index is 711. The number of hydrogen-bond acceptors (Lipinski definition) is 4. The van der Waals surface area contributed by atoms with Crippen LogP contribution >= 0.6 is 11.3 Å². The average Bonchev–Trinajstić information content (AvgIpc) is 2.98. The third-order valence-corrected chi connectivity index (χ3v) is 3.90. The van der Waals surface area contributed by atoms with Gasteiger partial charge in [0.15, 0.2) is 10.8 Å². The topological polar surface area (TPSA) is 45.2 Å². The minimum absolute atomic E-state index is 0.00557. The predicted molar refractivity (Wildman–Crippen MR) is 80.0 cm³/mol. The first-order valence-electron chi connectivity index (χ1n) is 6.74. The number of nitrogens with one attached hydrogen (secondary N) is 1. The first-order valence-corrected chi connectivity index (χ1v) is 7.62. The smallest absolute Gasteiger partial charge is 0.339 e. The van der Waals surface area contributed by atoms with E-state index in [1.54, 1.807) is 6.92 Å². The van der Waals surface area contributed by atoms with Crippen molar-refractivity contribution >= 4 is 28.1 Å². The summed E-state index contributed by atoms with van der Waals surface area (Å²) in [5.41, 5.74) is -1.66. The summed E-state index contributed by atoms with van der Waals surface area (Å²) in [7, 11) is 0. The number of carbonyl (C=O) groups is 1. The summed E-state index contributed by atoms with van der Waals surface area (Å²) in [5.74, 6) is -2.66. The zero-order valence-electron chi connectivity index (χ0n) is 12.3. The van der Waals surface area contributed by atoms with Gasteiger partial charge in [0.1, 0.15) is 17.3 Å². The van der Waals surface area contributed by atoms with Crippen LogP contribution in [0, 0.1) is 11.6 Å². The van der Waals surface area contributed by atoms with Crippen molar-refractivity contribution in [1.82, 2.24) is 4.98 Å². The molecule has 1 N–H and O–H groups in total. The molecule has 0 atom stereocenters. The molecular formula is C14H12F5N3OS. The summed E-state index contributed by atoms with van der Waals surface area (Å²) < 4.78 is 64.7. The minimum Gasteiger partial charge on any atom is -0.339 e. The Labute approximate surface area is 137 Å². The van der Waals surface area contributed by atoms with Crippen molar-refractivity contribution in [3.8, 4) is 0 Å². The monoisotopic (exact) mass is 365 g/mol. The van der Waals surface area contributed by atoms with Crippen LogP contribution in [0.3, 0.4) is 0 Å². The maximum absolute atomic E-state index is 13.5. The second-order valence-corrected chi connectivity index (χ2v) is 5.51. The highest BCUT2D eigenvalue weighted by molar-refractivity contribution is 7.13. The molecule has 0 spiro atoms. The number of para-hydroxylation sites is 1. The van der Waals surface area contributed by atoms with Gasteiger partial charge in [-0.25, -0.2) is 13.8 Å². The normalized spacial score (nSPS) is 11.4. The van der Waals surface area contributed by atoms with Crippen LogP contribution < -0.4 is 10.2 Å².